The zero-order valence-corrected chi connectivity index (χ0v) is 9.54. The van der Waals surface area contributed by atoms with E-state index in [4.69, 9.17) is 23.1 Å². The molecular weight excluding hydrogens is 224 g/mol. The summed E-state index contributed by atoms with van der Waals surface area (Å²) in [5.74, 6) is 1.99. The topological polar surface area (TPSA) is 104 Å². The average Bonchev–Trinajstić information content (AvgIpc) is 1.99. The molecule has 86 valence electrons. The zero-order valence-electron chi connectivity index (χ0n) is 8.78. The minimum absolute atomic E-state index is 0.997. The molecule has 0 saturated heterocycles. The van der Waals surface area contributed by atoms with Crippen LogP contribution in [0.1, 0.15) is 24.0 Å². The molecule has 0 unspecified atom stereocenters. The Labute approximate surface area is 90.3 Å². The maximum absolute atomic E-state index is 8.49. The summed E-state index contributed by atoms with van der Waals surface area (Å²) in [6.07, 6.45) is 1.08. The van der Waals surface area contributed by atoms with E-state index < -0.39 is 10.2 Å². The van der Waals surface area contributed by atoms with Crippen molar-refractivity contribution >= 4 is 0 Å². The van der Waals surface area contributed by atoms with Gasteiger partial charge in [0.1, 0.15) is 0 Å². The van der Waals surface area contributed by atoms with Gasteiger partial charge in [0.25, 0.3) is 0 Å². The van der Waals surface area contributed by atoms with E-state index >= 15 is 0 Å². The highest BCUT2D eigenvalue weighted by molar-refractivity contribution is 5.16. The number of aryl methyl sites for hydroxylation is 3. The van der Waals surface area contributed by atoms with Crippen LogP contribution in [0.5, 0.6) is 0 Å². The van der Waals surface area contributed by atoms with Crippen LogP contribution >= 0.6 is 0 Å². The van der Waals surface area contributed by atoms with Crippen LogP contribution in [-0.4, -0.2) is 0 Å². The van der Waals surface area contributed by atoms with Crippen LogP contribution in [-0.2, 0) is 6.42 Å². The van der Waals surface area contributed by atoms with E-state index in [1.165, 1.54) is 5.56 Å². The zero-order chi connectivity index (χ0) is 12.1. The SMILES string of the molecule is CCc1cc(C)[o+]c(C)c1.[O-][Cl+3]([O-])([O-])[O-]. The molecule has 1 aromatic heterocycles. The van der Waals surface area contributed by atoms with Gasteiger partial charge in [0.05, 0.1) is 13.8 Å². The predicted molar refractivity (Wildman–Crippen MR) is 42.0 cm³/mol. The maximum atomic E-state index is 8.49. The molecule has 5 nitrogen and oxygen atoms in total. The van der Waals surface area contributed by atoms with Crippen molar-refractivity contribution in [2.24, 2.45) is 0 Å². The minimum Gasteiger partial charge on any atom is -0.222 e. The van der Waals surface area contributed by atoms with E-state index in [1.54, 1.807) is 0 Å². The first-order valence-electron chi connectivity index (χ1n) is 4.24. The van der Waals surface area contributed by atoms with Crippen molar-refractivity contribution in [3.8, 4) is 0 Å². The van der Waals surface area contributed by atoms with Gasteiger partial charge in [-0.05, 0) is 12.0 Å². The second-order valence-electron chi connectivity index (χ2n) is 2.92. The fraction of sp³-hybridized carbons (Fsp3) is 0.444. The van der Waals surface area contributed by atoms with Crippen molar-refractivity contribution < 1.29 is 33.3 Å². The average molecular weight is 237 g/mol. The number of rotatable bonds is 1. The van der Waals surface area contributed by atoms with Gasteiger partial charge >= 0.3 is 11.5 Å². The summed E-state index contributed by atoms with van der Waals surface area (Å²) in [4.78, 5) is 0. The van der Waals surface area contributed by atoms with Gasteiger partial charge < -0.3 is 0 Å². The molecule has 0 aliphatic heterocycles. The Morgan fingerprint density at radius 3 is 1.67 bits per heavy atom. The standard InChI is InChI=1S/C9H13O.ClHO4/c1-4-9-5-7(2)10-8(3)6-9;2-1(3,4)5/h5-6H,4H2,1-3H3;(H,2,3,4,5)/q+1;/p-1. The highest BCUT2D eigenvalue weighted by Gasteiger charge is 2.05. The third kappa shape index (κ3) is 9.58. The lowest BCUT2D eigenvalue weighted by Gasteiger charge is -2.17. The van der Waals surface area contributed by atoms with Gasteiger partial charge in [-0.15, -0.1) is 10.2 Å². The van der Waals surface area contributed by atoms with Crippen molar-refractivity contribution in [2.45, 2.75) is 27.2 Å². The van der Waals surface area contributed by atoms with Crippen molar-refractivity contribution in [3.05, 3.63) is 29.2 Å². The quantitative estimate of drug-likeness (QED) is 0.524. The minimum atomic E-state index is -4.94. The van der Waals surface area contributed by atoms with Gasteiger partial charge in [0.2, 0.25) is 0 Å². The van der Waals surface area contributed by atoms with Gasteiger partial charge in [-0.1, -0.05) is 6.92 Å². The summed E-state index contributed by atoms with van der Waals surface area (Å²) < 4.78 is 39.3. The largest absolute Gasteiger partial charge is 0.326 e. The van der Waals surface area contributed by atoms with Gasteiger partial charge in [-0.2, -0.15) is 0 Å². The third-order valence-corrected chi connectivity index (χ3v) is 1.51. The maximum Gasteiger partial charge on any atom is 0.326 e. The summed E-state index contributed by atoms with van der Waals surface area (Å²) >= 11 is 0. The van der Waals surface area contributed by atoms with Crippen LogP contribution in [0.25, 0.3) is 0 Å². The molecule has 0 atom stereocenters. The first-order valence-corrected chi connectivity index (χ1v) is 5.48. The van der Waals surface area contributed by atoms with Gasteiger partial charge in [-0.25, -0.2) is 23.1 Å². The fourth-order valence-electron chi connectivity index (χ4n) is 1.08. The van der Waals surface area contributed by atoms with Crippen molar-refractivity contribution in [2.75, 3.05) is 0 Å². The molecule has 0 bridgehead atoms. The monoisotopic (exact) mass is 236 g/mol. The van der Waals surface area contributed by atoms with Gasteiger partial charge in [0.15, 0.2) is 0 Å². The summed E-state index contributed by atoms with van der Waals surface area (Å²) in [6.45, 7) is 6.10. The number of hydrogen-bond acceptors (Lipinski definition) is 4. The Morgan fingerprint density at radius 1 is 1.07 bits per heavy atom. The number of halogens is 1. The highest BCUT2D eigenvalue weighted by Crippen LogP contribution is 2.08. The summed E-state index contributed by atoms with van der Waals surface area (Å²) in [7, 11) is -4.94. The fourth-order valence-corrected chi connectivity index (χ4v) is 1.08. The molecule has 15 heavy (non-hydrogen) atoms. The van der Waals surface area contributed by atoms with Crippen LogP contribution < -0.4 is 18.6 Å². The van der Waals surface area contributed by atoms with E-state index in [2.05, 4.69) is 19.1 Å². The molecule has 0 aliphatic carbocycles. The molecule has 0 spiro atoms. The molecule has 0 saturated carbocycles. The van der Waals surface area contributed by atoms with Crippen LogP contribution in [0, 0.1) is 24.1 Å². The Kier molecular flexibility index (Phi) is 5.71. The van der Waals surface area contributed by atoms with Gasteiger partial charge in [0, 0.05) is 12.1 Å². The van der Waals surface area contributed by atoms with E-state index in [0.29, 0.717) is 0 Å². The summed E-state index contributed by atoms with van der Waals surface area (Å²) in [5, 5.41) is 0. The first-order chi connectivity index (χ1) is 6.72. The Bertz CT molecular complexity index is 282. The summed E-state index contributed by atoms with van der Waals surface area (Å²) in [6, 6.07) is 4.15. The highest BCUT2D eigenvalue weighted by atomic mass is 35.7. The molecule has 0 N–H and O–H groups in total. The van der Waals surface area contributed by atoms with E-state index in [0.717, 1.165) is 17.9 Å². The van der Waals surface area contributed by atoms with E-state index in [1.807, 2.05) is 13.8 Å². The second kappa shape index (κ2) is 5.99. The molecular formula is C9H13ClO5. The Morgan fingerprint density at radius 2 is 1.40 bits per heavy atom. The second-order valence-corrected chi connectivity index (χ2v) is 3.67. The van der Waals surface area contributed by atoms with E-state index in [-0.39, 0.29) is 0 Å². The normalized spacial score (nSPS) is 10.6. The van der Waals surface area contributed by atoms with Crippen LogP contribution in [0.15, 0.2) is 16.5 Å². The third-order valence-electron chi connectivity index (χ3n) is 1.51. The molecule has 0 aliphatic rings. The molecule has 0 radical (unpaired) electrons. The Balaban J connectivity index is 0.000000336. The molecule has 1 heterocycles. The first kappa shape index (κ1) is 14.3. The summed E-state index contributed by atoms with van der Waals surface area (Å²) in [5.41, 5.74) is 1.35. The van der Waals surface area contributed by atoms with Crippen molar-refractivity contribution in [3.63, 3.8) is 0 Å². The predicted octanol–water partition coefficient (Wildman–Crippen LogP) is -2.02. The van der Waals surface area contributed by atoms with Crippen molar-refractivity contribution in [1.29, 1.82) is 0 Å². The molecule has 0 amide bonds. The lowest BCUT2D eigenvalue weighted by molar-refractivity contribution is -2.00. The molecule has 1 rings (SSSR count). The lowest BCUT2D eigenvalue weighted by atomic mass is 10.2. The smallest absolute Gasteiger partial charge is 0.222 e. The van der Waals surface area contributed by atoms with Gasteiger partial charge in [-0.3, -0.25) is 0 Å². The number of hydrogen-bond donors (Lipinski definition) is 0. The van der Waals surface area contributed by atoms with Crippen LogP contribution in [0.4, 0.5) is 0 Å². The van der Waals surface area contributed by atoms with Crippen LogP contribution in [0.3, 0.4) is 0 Å². The van der Waals surface area contributed by atoms with Crippen molar-refractivity contribution in [1.82, 2.24) is 0 Å². The molecule has 0 aromatic carbocycles. The molecule has 1 aromatic rings. The van der Waals surface area contributed by atoms with Crippen LogP contribution in [0.2, 0.25) is 0 Å². The Hall–Kier alpha value is -0.720. The molecule has 6 heteroatoms. The van der Waals surface area contributed by atoms with E-state index in [9.17, 15) is 0 Å². The lowest BCUT2D eigenvalue weighted by Crippen LogP contribution is -2.68. The molecule has 0 fully saturated rings.